The minimum absolute atomic E-state index is 0.0726. The largest absolute Gasteiger partial charge is 0.448 e. The molecule has 1 saturated heterocycles. The van der Waals surface area contributed by atoms with Gasteiger partial charge in [-0.1, -0.05) is 35.3 Å². The van der Waals surface area contributed by atoms with E-state index in [1.54, 1.807) is 18.2 Å². The van der Waals surface area contributed by atoms with E-state index in [4.69, 9.17) is 33.7 Å². The molecule has 8 nitrogen and oxygen atoms in total. The maximum absolute atomic E-state index is 13.3. The number of piperidine rings is 1. The summed E-state index contributed by atoms with van der Waals surface area (Å²) in [5.41, 5.74) is 4.11. The number of ether oxygens (including phenoxy) is 1. The fraction of sp³-hybridized carbons (Fsp3) is 0.375. The molecule has 0 radical (unpaired) electrons. The average Bonchev–Trinajstić information content (AvgIpc) is 2.87. The lowest BCUT2D eigenvalue weighted by Gasteiger charge is -2.40. The molecule has 1 heterocycles. The topological polar surface area (TPSA) is 114 Å². The molecule has 37 heavy (non-hydrogen) atoms. The summed E-state index contributed by atoms with van der Waals surface area (Å²) in [5, 5.41) is 5.78. The Labute approximate surface area is 221 Å². The number of hydrogen-bond donors (Lipinski definition) is 3. The molecule has 0 aromatic heterocycles. The van der Waals surface area contributed by atoms with E-state index >= 15 is 0 Å². The third-order valence-corrected chi connectivity index (χ3v) is 7.00. The zero-order valence-electron chi connectivity index (χ0n) is 19.5. The highest BCUT2D eigenvalue weighted by molar-refractivity contribution is 6.42. The second kappa shape index (κ2) is 12.0. The number of hydrogen-bond acceptors (Lipinski definition) is 5. The predicted octanol–water partition coefficient (Wildman–Crippen LogP) is 4.44. The van der Waals surface area contributed by atoms with Crippen LogP contribution in [0, 0.1) is 5.41 Å². The van der Waals surface area contributed by atoms with Crippen LogP contribution >= 0.6 is 23.2 Å². The summed E-state index contributed by atoms with van der Waals surface area (Å²) in [6.45, 7) is 0.0391. The monoisotopic (exact) mass is 560 g/mol. The number of amides is 3. The Kier molecular flexibility index (Phi) is 9.27. The zero-order valence-corrected chi connectivity index (χ0v) is 21.1. The van der Waals surface area contributed by atoms with Crippen LogP contribution in [0.25, 0.3) is 0 Å². The molecule has 0 saturated carbocycles. The standard InChI is InChI=1S/C24H25Cl2F3N4O4/c25-18-3-1-2-15(20(18)26)13-31-21(35)23(8-10-33(11-9-23)19(34)12-30)14-37-22(36)32-17-6-4-16(5-7-17)24(27,28)29/h1-7H,8-14,30H2,(H,31,35)(H,32,36). The Hall–Kier alpha value is -3.02. The Morgan fingerprint density at radius 1 is 1.05 bits per heavy atom. The van der Waals surface area contributed by atoms with Crippen molar-refractivity contribution >= 4 is 46.8 Å². The molecule has 13 heteroatoms. The van der Waals surface area contributed by atoms with Crippen LogP contribution < -0.4 is 16.4 Å². The molecule has 2 aromatic rings. The molecule has 2 aromatic carbocycles. The van der Waals surface area contributed by atoms with Gasteiger partial charge in [-0.15, -0.1) is 0 Å². The first-order valence-electron chi connectivity index (χ1n) is 11.3. The van der Waals surface area contributed by atoms with Gasteiger partial charge in [0.25, 0.3) is 0 Å². The van der Waals surface area contributed by atoms with Gasteiger partial charge in [-0.05, 0) is 48.7 Å². The minimum atomic E-state index is -4.51. The van der Waals surface area contributed by atoms with E-state index < -0.39 is 29.2 Å². The summed E-state index contributed by atoms with van der Waals surface area (Å²) in [4.78, 5) is 39.2. The summed E-state index contributed by atoms with van der Waals surface area (Å²) in [5.74, 6) is -0.675. The Morgan fingerprint density at radius 2 is 1.70 bits per heavy atom. The number of benzene rings is 2. The second-order valence-electron chi connectivity index (χ2n) is 8.54. The van der Waals surface area contributed by atoms with Gasteiger partial charge in [-0.25, -0.2) is 4.79 Å². The van der Waals surface area contributed by atoms with Gasteiger partial charge in [0.2, 0.25) is 11.8 Å². The minimum Gasteiger partial charge on any atom is -0.448 e. The van der Waals surface area contributed by atoms with Crippen molar-refractivity contribution in [2.24, 2.45) is 11.1 Å². The first kappa shape index (κ1) is 28.5. The lowest BCUT2D eigenvalue weighted by Crippen LogP contribution is -2.53. The highest BCUT2D eigenvalue weighted by atomic mass is 35.5. The molecular formula is C24H25Cl2F3N4O4. The average molecular weight is 561 g/mol. The lowest BCUT2D eigenvalue weighted by molar-refractivity contribution is -0.142. The fourth-order valence-electron chi connectivity index (χ4n) is 3.90. The van der Waals surface area contributed by atoms with E-state index in [0.29, 0.717) is 15.6 Å². The number of nitrogens with one attached hydrogen (secondary N) is 2. The summed E-state index contributed by atoms with van der Waals surface area (Å²) < 4.78 is 43.6. The van der Waals surface area contributed by atoms with Crippen molar-refractivity contribution in [1.29, 1.82) is 0 Å². The van der Waals surface area contributed by atoms with Gasteiger partial charge >= 0.3 is 12.3 Å². The molecule has 1 aliphatic rings. The number of likely N-dealkylation sites (tertiary alicyclic amines) is 1. The SMILES string of the molecule is NCC(=O)N1CCC(COC(=O)Nc2ccc(C(F)(F)F)cc2)(C(=O)NCc2cccc(Cl)c2Cl)CC1. The van der Waals surface area contributed by atoms with Crippen molar-refractivity contribution in [3.63, 3.8) is 0 Å². The van der Waals surface area contributed by atoms with E-state index in [1.807, 2.05) is 0 Å². The summed E-state index contributed by atoms with van der Waals surface area (Å²) in [6, 6.07) is 8.86. The van der Waals surface area contributed by atoms with Crippen LogP contribution in [0.4, 0.5) is 23.7 Å². The maximum atomic E-state index is 13.3. The molecular weight excluding hydrogens is 536 g/mol. The van der Waals surface area contributed by atoms with Crippen LogP contribution in [0.5, 0.6) is 0 Å². The number of carbonyl (C=O) groups is 3. The van der Waals surface area contributed by atoms with Crippen molar-refractivity contribution in [2.75, 3.05) is 31.6 Å². The quantitative estimate of drug-likeness (QED) is 0.463. The van der Waals surface area contributed by atoms with Gasteiger partial charge in [-0.3, -0.25) is 14.9 Å². The van der Waals surface area contributed by atoms with Gasteiger partial charge in [0, 0.05) is 25.3 Å². The molecule has 0 aliphatic carbocycles. The lowest BCUT2D eigenvalue weighted by atomic mass is 9.78. The van der Waals surface area contributed by atoms with E-state index in [-0.39, 0.29) is 57.2 Å². The smallest absolute Gasteiger partial charge is 0.416 e. The summed E-state index contributed by atoms with van der Waals surface area (Å²) in [6.07, 6.45) is -5.05. The number of nitrogens with two attached hydrogens (primary N) is 1. The molecule has 0 atom stereocenters. The van der Waals surface area contributed by atoms with Crippen molar-refractivity contribution in [3.05, 3.63) is 63.6 Å². The van der Waals surface area contributed by atoms with Crippen molar-refractivity contribution in [3.8, 4) is 0 Å². The van der Waals surface area contributed by atoms with E-state index in [1.165, 1.54) is 4.90 Å². The molecule has 0 spiro atoms. The molecule has 4 N–H and O–H groups in total. The van der Waals surface area contributed by atoms with Crippen LogP contribution in [-0.2, 0) is 27.0 Å². The van der Waals surface area contributed by atoms with Gasteiger partial charge in [0.05, 0.1) is 27.6 Å². The molecule has 1 fully saturated rings. The van der Waals surface area contributed by atoms with Crippen molar-refractivity contribution < 1.29 is 32.3 Å². The van der Waals surface area contributed by atoms with Gasteiger partial charge in [-0.2, -0.15) is 13.2 Å². The third kappa shape index (κ3) is 7.27. The molecule has 200 valence electrons. The zero-order chi connectivity index (χ0) is 27.2. The normalized spacial score (nSPS) is 15.1. The number of halogens is 5. The van der Waals surface area contributed by atoms with E-state index in [9.17, 15) is 27.6 Å². The maximum Gasteiger partial charge on any atom is 0.416 e. The fourth-order valence-corrected chi connectivity index (χ4v) is 4.29. The van der Waals surface area contributed by atoms with Gasteiger partial charge in [0.15, 0.2) is 0 Å². The number of alkyl halides is 3. The summed E-state index contributed by atoms with van der Waals surface area (Å²) >= 11 is 12.2. The highest BCUT2D eigenvalue weighted by Crippen LogP contribution is 2.34. The summed E-state index contributed by atoms with van der Waals surface area (Å²) in [7, 11) is 0. The van der Waals surface area contributed by atoms with Gasteiger partial charge in [0.1, 0.15) is 6.61 Å². The van der Waals surface area contributed by atoms with Crippen LogP contribution in [0.2, 0.25) is 10.0 Å². The second-order valence-corrected chi connectivity index (χ2v) is 9.32. The van der Waals surface area contributed by atoms with Crippen LogP contribution in [0.3, 0.4) is 0 Å². The predicted molar refractivity (Wildman–Crippen MR) is 132 cm³/mol. The van der Waals surface area contributed by atoms with E-state index in [2.05, 4.69) is 10.6 Å². The first-order valence-corrected chi connectivity index (χ1v) is 12.0. The Balaban J connectivity index is 1.67. The number of carbonyl (C=O) groups excluding carboxylic acids is 3. The van der Waals surface area contributed by atoms with Crippen LogP contribution in [0.1, 0.15) is 24.0 Å². The number of anilines is 1. The highest BCUT2D eigenvalue weighted by Gasteiger charge is 2.43. The first-order chi connectivity index (χ1) is 17.4. The van der Waals surface area contributed by atoms with Crippen molar-refractivity contribution in [1.82, 2.24) is 10.2 Å². The molecule has 3 amide bonds. The Morgan fingerprint density at radius 3 is 2.30 bits per heavy atom. The van der Waals surface area contributed by atoms with Crippen molar-refractivity contribution in [2.45, 2.75) is 25.6 Å². The Bertz CT molecular complexity index is 1140. The van der Waals surface area contributed by atoms with Crippen LogP contribution in [-0.4, -0.2) is 49.0 Å². The molecule has 3 rings (SSSR count). The van der Waals surface area contributed by atoms with Gasteiger partial charge < -0.3 is 20.7 Å². The van der Waals surface area contributed by atoms with Crippen LogP contribution in [0.15, 0.2) is 42.5 Å². The number of rotatable bonds is 7. The molecule has 1 aliphatic heterocycles. The number of nitrogens with zero attached hydrogens (tertiary/aromatic N) is 1. The molecule has 0 unspecified atom stereocenters. The third-order valence-electron chi connectivity index (χ3n) is 6.14. The van der Waals surface area contributed by atoms with E-state index in [0.717, 1.165) is 24.3 Å². The molecule has 0 bridgehead atoms.